The van der Waals surface area contributed by atoms with E-state index in [0.717, 1.165) is 48.1 Å². The number of nitrogens with one attached hydrogen (secondary N) is 1. The molecule has 0 aliphatic carbocycles. The number of hydrogen-bond acceptors (Lipinski definition) is 3. The van der Waals surface area contributed by atoms with Gasteiger partial charge in [0.05, 0.1) is 11.5 Å². The second-order valence-electron chi connectivity index (χ2n) is 7.47. The highest BCUT2D eigenvalue weighted by molar-refractivity contribution is 7.51. The molecule has 1 N–H and O–H groups in total. The Balaban J connectivity index is 1.42. The highest BCUT2D eigenvalue weighted by atomic mass is 31.1. The minimum absolute atomic E-state index is 0.0893. The zero-order chi connectivity index (χ0) is 18.4. The lowest BCUT2D eigenvalue weighted by Gasteiger charge is -2.36. The summed E-state index contributed by atoms with van der Waals surface area (Å²) in [5.41, 5.74) is 4.35. The van der Waals surface area contributed by atoms with Crippen LogP contribution >= 0.6 is 8.58 Å². The molecule has 2 aromatic heterocycles. The van der Waals surface area contributed by atoms with E-state index in [1.165, 1.54) is 5.57 Å². The van der Waals surface area contributed by atoms with Gasteiger partial charge in [0.1, 0.15) is 5.65 Å². The van der Waals surface area contributed by atoms with Crippen LogP contribution in [-0.4, -0.2) is 39.1 Å². The van der Waals surface area contributed by atoms with E-state index in [-0.39, 0.29) is 11.7 Å². The third kappa shape index (κ3) is 3.15. The molecular formula is C21H23N4OP. The number of amides is 1. The van der Waals surface area contributed by atoms with Crippen LogP contribution in [0.5, 0.6) is 0 Å². The summed E-state index contributed by atoms with van der Waals surface area (Å²) >= 11 is 0. The molecule has 5 heterocycles. The first-order valence-electron chi connectivity index (χ1n) is 9.54. The van der Waals surface area contributed by atoms with Gasteiger partial charge in [-0.1, -0.05) is 20.7 Å². The van der Waals surface area contributed by atoms with Crippen molar-refractivity contribution in [2.45, 2.75) is 25.5 Å². The summed E-state index contributed by atoms with van der Waals surface area (Å²) in [7, 11) is 0.551. The number of imidazole rings is 1. The van der Waals surface area contributed by atoms with Gasteiger partial charge in [-0.15, -0.1) is 0 Å². The molecule has 0 spiro atoms. The van der Waals surface area contributed by atoms with Crippen LogP contribution in [0.2, 0.25) is 0 Å². The van der Waals surface area contributed by atoms with Crippen LogP contribution in [0.3, 0.4) is 0 Å². The van der Waals surface area contributed by atoms with Crippen molar-refractivity contribution in [2.75, 3.05) is 13.1 Å². The van der Waals surface area contributed by atoms with Gasteiger partial charge < -0.3 is 14.6 Å². The maximum absolute atomic E-state index is 12.9. The fourth-order valence-electron chi connectivity index (χ4n) is 4.14. The summed E-state index contributed by atoms with van der Waals surface area (Å²) in [5, 5.41) is 4.53. The number of carbonyl (C=O) groups is 1. The van der Waals surface area contributed by atoms with E-state index in [4.69, 9.17) is 0 Å². The first-order chi connectivity index (χ1) is 13.2. The lowest BCUT2D eigenvalue weighted by Crippen LogP contribution is -2.37. The summed E-state index contributed by atoms with van der Waals surface area (Å²) < 4.78 is 2.04. The molecule has 2 aromatic rings. The summed E-state index contributed by atoms with van der Waals surface area (Å²) in [4.78, 5) is 19.3. The van der Waals surface area contributed by atoms with Gasteiger partial charge in [0.25, 0.3) is 5.91 Å². The van der Waals surface area contributed by atoms with Gasteiger partial charge in [-0.05, 0) is 67.4 Å². The molecule has 0 radical (unpaired) electrons. The lowest BCUT2D eigenvalue weighted by atomic mass is 9.89. The Morgan fingerprint density at radius 2 is 2.07 bits per heavy atom. The standard InChI is InChI=1S/C21H23N4OP/c1-14-11-24-12-17(2-4-19(24)23-14)18-10-20(26)25-13-16(3-5-21(25)27-18)15-6-8-22-9-7-15/h2-5,10-13,15,21-22,27H,6-9H2,1H3. The number of carbonyl (C=O) groups excluding carboxylic acids is 1. The third-order valence-electron chi connectivity index (χ3n) is 5.58. The van der Waals surface area contributed by atoms with Gasteiger partial charge in [0.2, 0.25) is 0 Å². The molecule has 2 unspecified atom stereocenters. The maximum Gasteiger partial charge on any atom is 0.252 e. The van der Waals surface area contributed by atoms with Crippen LogP contribution in [0, 0.1) is 12.8 Å². The van der Waals surface area contributed by atoms with Gasteiger partial charge >= 0.3 is 0 Å². The predicted octanol–water partition coefficient (Wildman–Crippen LogP) is 3.28. The minimum atomic E-state index is 0.0893. The fraction of sp³-hybridized carbons (Fsp3) is 0.333. The van der Waals surface area contributed by atoms with Crippen molar-refractivity contribution in [1.29, 1.82) is 0 Å². The Bertz CT molecular complexity index is 997. The van der Waals surface area contributed by atoms with Crippen molar-refractivity contribution in [3.63, 3.8) is 0 Å². The van der Waals surface area contributed by atoms with E-state index >= 15 is 0 Å². The molecule has 6 heteroatoms. The van der Waals surface area contributed by atoms with E-state index in [1.54, 1.807) is 0 Å². The summed E-state index contributed by atoms with van der Waals surface area (Å²) in [6.07, 6.45) is 14.8. The van der Waals surface area contributed by atoms with Crippen molar-refractivity contribution < 1.29 is 4.79 Å². The third-order valence-corrected chi connectivity index (χ3v) is 7.09. The largest absolute Gasteiger partial charge is 0.317 e. The molecule has 0 aromatic carbocycles. The first kappa shape index (κ1) is 16.9. The number of fused-ring (bicyclic) bond motifs is 2. The topological polar surface area (TPSA) is 49.6 Å². The Morgan fingerprint density at radius 3 is 2.93 bits per heavy atom. The Labute approximate surface area is 160 Å². The van der Waals surface area contributed by atoms with Crippen molar-refractivity contribution in [1.82, 2.24) is 19.6 Å². The second kappa shape index (κ2) is 6.74. The zero-order valence-electron chi connectivity index (χ0n) is 15.4. The summed E-state index contributed by atoms with van der Waals surface area (Å²) in [5.74, 6) is 0.798. The molecular weight excluding hydrogens is 355 g/mol. The van der Waals surface area contributed by atoms with Crippen LogP contribution in [0.1, 0.15) is 24.1 Å². The van der Waals surface area contributed by atoms with Crippen LogP contribution in [0.4, 0.5) is 0 Å². The van der Waals surface area contributed by atoms with E-state index in [0.29, 0.717) is 14.5 Å². The normalized spacial score (nSPS) is 24.3. The van der Waals surface area contributed by atoms with Gasteiger partial charge in [-0.3, -0.25) is 4.79 Å². The molecule has 1 amide bonds. The van der Waals surface area contributed by atoms with Crippen molar-refractivity contribution >= 4 is 25.4 Å². The minimum Gasteiger partial charge on any atom is -0.317 e. The molecule has 1 saturated heterocycles. The van der Waals surface area contributed by atoms with Gasteiger partial charge in [-0.2, -0.15) is 0 Å². The Hall–Kier alpha value is -2.23. The summed E-state index contributed by atoms with van der Waals surface area (Å²) in [6, 6.07) is 4.10. The SMILES string of the molecule is Cc1cn2cc(C3=CC(=O)N4C=C(C5CCNCC5)C=CC4P3)ccc2n1. The molecule has 1 fully saturated rings. The van der Waals surface area contributed by atoms with Crippen LogP contribution in [-0.2, 0) is 4.79 Å². The highest BCUT2D eigenvalue weighted by Gasteiger charge is 2.30. The Kier molecular flexibility index (Phi) is 4.22. The molecule has 5 nitrogen and oxygen atoms in total. The number of aryl methyl sites for hydroxylation is 1. The molecule has 0 saturated carbocycles. The number of hydrogen-bond donors (Lipinski definition) is 1. The average Bonchev–Trinajstić information content (AvgIpc) is 3.07. The van der Waals surface area contributed by atoms with E-state index in [1.807, 2.05) is 34.6 Å². The smallest absolute Gasteiger partial charge is 0.252 e. The monoisotopic (exact) mass is 378 g/mol. The molecule has 3 aliphatic rings. The molecule has 2 atom stereocenters. The summed E-state index contributed by atoms with van der Waals surface area (Å²) in [6.45, 7) is 4.12. The maximum atomic E-state index is 12.9. The number of allylic oxidation sites excluding steroid dienone is 2. The van der Waals surface area contributed by atoms with Crippen LogP contribution < -0.4 is 5.32 Å². The number of rotatable bonds is 2. The van der Waals surface area contributed by atoms with E-state index in [9.17, 15) is 4.79 Å². The van der Waals surface area contributed by atoms with Gasteiger partial charge in [0, 0.05) is 24.7 Å². The molecule has 27 heavy (non-hydrogen) atoms. The predicted molar refractivity (Wildman–Crippen MR) is 110 cm³/mol. The zero-order valence-corrected chi connectivity index (χ0v) is 16.4. The molecule has 0 bridgehead atoms. The van der Waals surface area contributed by atoms with Crippen LogP contribution in [0.15, 0.2) is 54.5 Å². The lowest BCUT2D eigenvalue weighted by molar-refractivity contribution is -0.123. The fourth-order valence-corrected chi connectivity index (χ4v) is 5.51. The number of nitrogens with zero attached hydrogens (tertiary/aromatic N) is 3. The quantitative estimate of drug-likeness (QED) is 0.816. The van der Waals surface area contributed by atoms with Crippen molar-refractivity contribution in [3.05, 3.63) is 65.8 Å². The first-order valence-corrected chi connectivity index (χ1v) is 10.6. The molecule has 5 rings (SSSR count). The van der Waals surface area contributed by atoms with Crippen LogP contribution in [0.25, 0.3) is 11.0 Å². The van der Waals surface area contributed by atoms with E-state index < -0.39 is 0 Å². The molecule has 3 aliphatic heterocycles. The second-order valence-corrected chi connectivity index (χ2v) is 8.89. The number of piperidine rings is 1. The Morgan fingerprint density at radius 1 is 1.22 bits per heavy atom. The van der Waals surface area contributed by atoms with Crippen molar-refractivity contribution in [3.8, 4) is 0 Å². The van der Waals surface area contributed by atoms with Crippen molar-refractivity contribution in [2.24, 2.45) is 5.92 Å². The van der Waals surface area contributed by atoms with E-state index in [2.05, 4.69) is 40.9 Å². The van der Waals surface area contributed by atoms with Gasteiger partial charge in [-0.25, -0.2) is 4.98 Å². The number of aromatic nitrogens is 2. The number of pyridine rings is 1. The highest BCUT2D eigenvalue weighted by Crippen LogP contribution is 2.45. The van der Waals surface area contributed by atoms with Gasteiger partial charge in [0.15, 0.2) is 0 Å². The molecule has 138 valence electrons. The average molecular weight is 378 g/mol.